The van der Waals surface area contributed by atoms with E-state index in [0.29, 0.717) is 35.1 Å². The molecule has 0 spiro atoms. The molecule has 3 heterocycles. The predicted octanol–water partition coefficient (Wildman–Crippen LogP) is 4.59. The van der Waals surface area contributed by atoms with Crippen LogP contribution in [-0.4, -0.2) is 51.3 Å². The average Bonchev–Trinajstić information content (AvgIpc) is 2.85. The third-order valence-corrected chi connectivity index (χ3v) is 5.46. The lowest BCUT2D eigenvalue weighted by Gasteiger charge is -2.27. The Bertz CT molecular complexity index is 1360. The lowest BCUT2D eigenvalue weighted by atomic mass is 10.1. The van der Waals surface area contributed by atoms with Gasteiger partial charge in [0, 0.05) is 30.2 Å². The summed E-state index contributed by atoms with van der Waals surface area (Å²) in [5.74, 6) is 2.10. The minimum Gasteiger partial charge on any atom is -0.506 e. The molecule has 33 heavy (non-hydrogen) atoms. The van der Waals surface area contributed by atoms with Crippen LogP contribution in [0.15, 0.2) is 54.9 Å². The highest BCUT2D eigenvalue weighted by Crippen LogP contribution is 2.26. The number of aromatic nitrogens is 4. The number of morpholine rings is 1. The Balaban J connectivity index is 1.32. The van der Waals surface area contributed by atoms with Gasteiger partial charge in [0.2, 0.25) is 5.88 Å². The Kier molecular flexibility index (Phi) is 5.97. The summed E-state index contributed by atoms with van der Waals surface area (Å²) >= 11 is 5.20. The molecule has 1 aliphatic rings. The second kappa shape index (κ2) is 9.35. The Morgan fingerprint density at radius 2 is 1.88 bits per heavy atom. The zero-order valence-corrected chi connectivity index (χ0v) is 18.5. The molecule has 9 heteroatoms. The first-order valence-electron chi connectivity index (χ1n) is 10.5. The summed E-state index contributed by atoms with van der Waals surface area (Å²) in [4.78, 5) is 18.0. The van der Waals surface area contributed by atoms with Crippen LogP contribution in [-0.2, 0) is 4.74 Å². The van der Waals surface area contributed by atoms with Crippen molar-refractivity contribution in [3.8, 4) is 17.4 Å². The molecule has 2 aromatic carbocycles. The second-order valence-corrected chi connectivity index (χ2v) is 7.83. The molecule has 0 amide bonds. The number of aromatic amines is 1. The quantitative estimate of drug-likeness (QED) is 0.419. The van der Waals surface area contributed by atoms with E-state index < -0.39 is 0 Å². The Labute approximate surface area is 195 Å². The van der Waals surface area contributed by atoms with Crippen molar-refractivity contribution in [1.82, 2.24) is 19.9 Å². The van der Waals surface area contributed by atoms with E-state index in [1.807, 2.05) is 48.6 Å². The van der Waals surface area contributed by atoms with Gasteiger partial charge in [0.1, 0.15) is 29.2 Å². The van der Waals surface area contributed by atoms with Gasteiger partial charge in [-0.25, -0.2) is 15.0 Å². The van der Waals surface area contributed by atoms with E-state index >= 15 is 0 Å². The molecule has 0 aliphatic carbocycles. The lowest BCUT2D eigenvalue weighted by Crippen LogP contribution is -2.36. The molecule has 5 rings (SSSR count). The van der Waals surface area contributed by atoms with E-state index in [9.17, 15) is 5.11 Å². The fraction of sp³-hybridized carbons (Fsp3) is 0.167. The summed E-state index contributed by atoms with van der Waals surface area (Å²) in [6.45, 7) is 2.98. The number of H-pyrrole nitrogens is 1. The van der Waals surface area contributed by atoms with Gasteiger partial charge in [-0.1, -0.05) is 30.3 Å². The van der Waals surface area contributed by atoms with Gasteiger partial charge in [0.15, 0.2) is 4.77 Å². The van der Waals surface area contributed by atoms with E-state index in [1.54, 1.807) is 12.1 Å². The first-order valence-corrected chi connectivity index (χ1v) is 10.9. The molecule has 0 unspecified atom stereocenters. The predicted molar refractivity (Wildman–Crippen MR) is 129 cm³/mol. The minimum absolute atomic E-state index is 0.102. The van der Waals surface area contributed by atoms with Crippen LogP contribution in [0.4, 0.5) is 5.82 Å². The molecule has 1 fully saturated rings. The molecule has 1 aliphatic heterocycles. The molecule has 4 aromatic rings. The van der Waals surface area contributed by atoms with E-state index in [2.05, 4.69) is 24.8 Å². The molecule has 2 aromatic heterocycles. The SMILES string of the molecule is Oc1cccc2c(/C=C/c3ccc(Oc4cc(N5CCOCC5)ncn4)cc3)[nH]c(=S)nc12. The van der Waals surface area contributed by atoms with Crippen molar-refractivity contribution in [2.75, 3.05) is 31.2 Å². The number of ether oxygens (including phenoxy) is 2. The zero-order valence-electron chi connectivity index (χ0n) is 17.6. The van der Waals surface area contributed by atoms with Crippen molar-refractivity contribution in [2.24, 2.45) is 0 Å². The van der Waals surface area contributed by atoms with Gasteiger partial charge in [-0.15, -0.1) is 0 Å². The summed E-state index contributed by atoms with van der Waals surface area (Å²) in [5.41, 5.74) is 2.23. The summed E-state index contributed by atoms with van der Waals surface area (Å²) in [6, 6.07) is 14.8. The van der Waals surface area contributed by atoms with Crippen molar-refractivity contribution in [3.05, 3.63) is 70.9 Å². The number of phenolic OH excluding ortho intramolecular Hbond substituents is 1. The van der Waals surface area contributed by atoms with Gasteiger partial charge < -0.3 is 24.5 Å². The van der Waals surface area contributed by atoms with Crippen LogP contribution < -0.4 is 9.64 Å². The highest BCUT2D eigenvalue weighted by Gasteiger charge is 2.13. The molecular formula is C24H21N5O3S. The summed E-state index contributed by atoms with van der Waals surface area (Å²) in [7, 11) is 0. The molecule has 8 nitrogen and oxygen atoms in total. The standard InChI is InChI=1S/C24H21N5O3S/c30-20-3-1-2-18-19(27-24(33)28-23(18)20)9-6-16-4-7-17(8-5-16)32-22-14-21(25-15-26-22)29-10-12-31-13-11-29/h1-9,14-15,30H,10-13H2,(H,27,28,33)/b9-6+. The summed E-state index contributed by atoms with van der Waals surface area (Å²) in [6.07, 6.45) is 5.38. The second-order valence-electron chi connectivity index (χ2n) is 7.45. The number of anilines is 1. The topological polar surface area (TPSA) is 96.4 Å². The Morgan fingerprint density at radius 3 is 2.70 bits per heavy atom. The van der Waals surface area contributed by atoms with E-state index in [-0.39, 0.29) is 5.75 Å². The highest BCUT2D eigenvalue weighted by atomic mass is 32.1. The number of hydrogen-bond acceptors (Lipinski definition) is 8. The molecule has 0 atom stereocenters. The lowest BCUT2D eigenvalue weighted by molar-refractivity contribution is 0.122. The van der Waals surface area contributed by atoms with Gasteiger partial charge in [-0.05, 0) is 42.1 Å². The van der Waals surface area contributed by atoms with Crippen molar-refractivity contribution in [1.29, 1.82) is 0 Å². The fourth-order valence-corrected chi connectivity index (χ4v) is 3.81. The molecule has 0 saturated carbocycles. The van der Waals surface area contributed by atoms with Crippen LogP contribution in [0.3, 0.4) is 0 Å². The van der Waals surface area contributed by atoms with Gasteiger partial charge in [0.25, 0.3) is 0 Å². The molecule has 1 saturated heterocycles. The first-order chi connectivity index (χ1) is 16.2. The smallest absolute Gasteiger partial charge is 0.224 e. The number of aromatic hydroxyl groups is 1. The van der Waals surface area contributed by atoms with Crippen LogP contribution in [0.2, 0.25) is 0 Å². The molecule has 166 valence electrons. The number of fused-ring (bicyclic) bond motifs is 1. The number of benzene rings is 2. The van der Waals surface area contributed by atoms with Gasteiger partial charge in [-0.3, -0.25) is 0 Å². The minimum atomic E-state index is 0.102. The maximum absolute atomic E-state index is 10.1. The third kappa shape index (κ3) is 4.84. The highest BCUT2D eigenvalue weighted by molar-refractivity contribution is 7.71. The molecule has 2 N–H and O–H groups in total. The van der Waals surface area contributed by atoms with E-state index in [0.717, 1.165) is 35.6 Å². The van der Waals surface area contributed by atoms with Crippen molar-refractivity contribution in [3.63, 3.8) is 0 Å². The van der Waals surface area contributed by atoms with Gasteiger partial charge >= 0.3 is 0 Å². The molecular weight excluding hydrogens is 438 g/mol. The van der Waals surface area contributed by atoms with E-state index in [4.69, 9.17) is 21.7 Å². The third-order valence-electron chi connectivity index (χ3n) is 5.27. The maximum atomic E-state index is 10.1. The van der Waals surface area contributed by atoms with Gasteiger partial charge in [-0.2, -0.15) is 0 Å². The maximum Gasteiger partial charge on any atom is 0.224 e. The number of para-hydroxylation sites is 1. The Hall–Kier alpha value is -3.82. The normalized spacial score (nSPS) is 14.1. The average molecular weight is 460 g/mol. The number of phenols is 1. The number of nitrogens with zero attached hydrogens (tertiary/aromatic N) is 4. The van der Waals surface area contributed by atoms with Crippen molar-refractivity contribution >= 4 is 41.1 Å². The Morgan fingerprint density at radius 1 is 1.06 bits per heavy atom. The first kappa shape index (κ1) is 21.0. The number of rotatable bonds is 5. The van der Waals surface area contributed by atoms with Crippen LogP contribution in [0.1, 0.15) is 11.3 Å². The van der Waals surface area contributed by atoms with Gasteiger partial charge in [0.05, 0.1) is 13.2 Å². The summed E-state index contributed by atoms with van der Waals surface area (Å²) in [5, 5.41) is 10.9. The fourth-order valence-electron chi connectivity index (χ4n) is 3.61. The van der Waals surface area contributed by atoms with Crippen LogP contribution in [0.25, 0.3) is 23.1 Å². The van der Waals surface area contributed by atoms with Crippen LogP contribution in [0, 0.1) is 4.77 Å². The van der Waals surface area contributed by atoms with Crippen molar-refractivity contribution < 1.29 is 14.6 Å². The largest absolute Gasteiger partial charge is 0.506 e. The molecule has 0 radical (unpaired) electrons. The number of nitrogens with one attached hydrogen (secondary N) is 1. The van der Waals surface area contributed by atoms with Crippen molar-refractivity contribution in [2.45, 2.75) is 0 Å². The zero-order chi connectivity index (χ0) is 22.6. The van der Waals surface area contributed by atoms with Crippen LogP contribution in [0.5, 0.6) is 17.4 Å². The monoisotopic (exact) mass is 459 g/mol. The van der Waals surface area contributed by atoms with Crippen LogP contribution >= 0.6 is 12.2 Å². The van der Waals surface area contributed by atoms with E-state index in [1.165, 1.54) is 6.33 Å². The summed E-state index contributed by atoms with van der Waals surface area (Å²) < 4.78 is 11.6. The number of hydrogen-bond donors (Lipinski definition) is 2. The molecule has 0 bridgehead atoms.